The molecule has 2 N–H and O–H groups in total. The summed E-state index contributed by atoms with van der Waals surface area (Å²) in [5, 5.41) is 5.98. The minimum atomic E-state index is -0.786. The fraction of sp³-hybridized carbons (Fsp3) is 0.286. The smallest absolute Gasteiger partial charge is 0.335 e. The number of nitrogens with zero attached hydrogens (tertiary/aromatic N) is 2. The van der Waals surface area contributed by atoms with E-state index >= 15 is 0 Å². The van der Waals surface area contributed by atoms with E-state index in [0.717, 1.165) is 46.4 Å². The number of ether oxygens (including phenoxy) is 1. The Labute approximate surface area is 214 Å². The minimum Gasteiger partial charge on any atom is -0.376 e. The number of hydrogen-bond acceptors (Lipinski definition) is 5. The molecule has 0 radical (unpaired) electrons. The van der Waals surface area contributed by atoms with Crippen molar-refractivity contribution >= 4 is 46.4 Å². The SMILES string of the molecule is Cc1cccc(N2C(=O)NC(=O)/C(=C\c3cn(CC(=O)NC[C@H]4CCCO4)c4ccccc34)C2=O)c1C. The predicted octanol–water partition coefficient (Wildman–Crippen LogP) is 3.22. The molecule has 0 bridgehead atoms. The van der Waals surface area contributed by atoms with Gasteiger partial charge in [-0.3, -0.25) is 19.7 Å². The van der Waals surface area contributed by atoms with Gasteiger partial charge in [-0.2, -0.15) is 0 Å². The first kappa shape index (κ1) is 24.5. The number of carbonyl (C=O) groups is 4. The Kier molecular flexibility index (Phi) is 6.62. The molecule has 0 saturated carbocycles. The molecule has 5 amide bonds. The van der Waals surface area contributed by atoms with Crippen LogP contribution in [0.2, 0.25) is 0 Å². The van der Waals surface area contributed by atoms with Gasteiger partial charge in [-0.1, -0.05) is 30.3 Å². The number of barbiturate groups is 1. The van der Waals surface area contributed by atoms with Gasteiger partial charge in [0.15, 0.2) is 0 Å². The van der Waals surface area contributed by atoms with Gasteiger partial charge in [0.05, 0.1) is 11.8 Å². The first-order valence-corrected chi connectivity index (χ1v) is 12.3. The number of hydrogen-bond donors (Lipinski definition) is 2. The average molecular weight is 501 g/mol. The van der Waals surface area contributed by atoms with Gasteiger partial charge in [-0.25, -0.2) is 9.69 Å². The molecular formula is C28H28N4O5. The van der Waals surface area contributed by atoms with E-state index in [-0.39, 0.29) is 24.1 Å². The number of amides is 5. The van der Waals surface area contributed by atoms with Crippen molar-refractivity contribution in [3.05, 3.63) is 70.9 Å². The third kappa shape index (κ3) is 4.77. The van der Waals surface area contributed by atoms with Crippen molar-refractivity contribution in [1.29, 1.82) is 0 Å². The lowest BCUT2D eigenvalue weighted by Gasteiger charge is -2.28. The maximum atomic E-state index is 13.4. The fourth-order valence-corrected chi connectivity index (χ4v) is 4.77. The Balaban J connectivity index is 1.46. The second kappa shape index (κ2) is 10.0. The summed E-state index contributed by atoms with van der Waals surface area (Å²) in [4.78, 5) is 52.5. The number of aromatic nitrogens is 1. The predicted molar refractivity (Wildman–Crippen MR) is 139 cm³/mol. The largest absolute Gasteiger partial charge is 0.376 e. The molecule has 2 saturated heterocycles. The molecule has 9 nitrogen and oxygen atoms in total. The first-order valence-electron chi connectivity index (χ1n) is 12.3. The van der Waals surface area contributed by atoms with Crippen molar-refractivity contribution in [3.8, 4) is 0 Å². The summed E-state index contributed by atoms with van der Waals surface area (Å²) in [6.07, 6.45) is 5.19. The third-order valence-corrected chi connectivity index (χ3v) is 6.90. The molecule has 5 rings (SSSR count). The van der Waals surface area contributed by atoms with Gasteiger partial charge >= 0.3 is 6.03 Å². The zero-order chi connectivity index (χ0) is 26.1. The number of benzene rings is 2. The van der Waals surface area contributed by atoms with Crippen LogP contribution in [0.5, 0.6) is 0 Å². The summed E-state index contributed by atoms with van der Waals surface area (Å²) in [5.74, 6) is -1.62. The number of imide groups is 2. The maximum Gasteiger partial charge on any atom is 0.335 e. The summed E-state index contributed by atoms with van der Waals surface area (Å²) in [7, 11) is 0. The highest BCUT2D eigenvalue weighted by molar-refractivity contribution is 6.39. The molecule has 2 fully saturated rings. The molecule has 3 heterocycles. The number of carbonyl (C=O) groups excluding carboxylic acids is 4. The zero-order valence-electron chi connectivity index (χ0n) is 20.7. The van der Waals surface area contributed by atoms with Crippen LogP contribution >= 0.6 is 0 Å². The summed E-state index contributed by atoms with van der Waals surface area (Å²) in [6, 6.07) is 12.0. The van der Waals surface area contributed by atoms with Crippen molar-refractivity contribution in [2.45, 2.75) is 39.3 Å². The molecule has 37 heavy (non-hydrogen) atoms. The molecule has 2 aliphatic heterocycles. The van der Waals surface area contributed by atoms with Crippen molar-refractivity contribution in [2.24, 2.45) is 0 Å². The Bertz CT molecular complexity index is 1450. The van der Waals surface area contributed by atoms with Crippen LogP contribution in [-0.2, 0) is 25.7 Å². The van der Waals surface area contributed by atoms with Gasteiger partial charge in [0.2, 0.25) is 5.91 Å². The van der Waals surface area contributed by atoms with Crippen LogP contribution in [0, 0.1) is 13.8 Å². The lowest BCUT2D eigenvalue weighted by molar-refractivity contribution is -0.123. The van der Waals surface area contributed by atoms with E-state index < -0.39 is 17.8 Å². The quantitative estimate of drug-likeness (QED) is 0.399. The number of fused-ring (bicyclic) bond motifs is 1. The van der Waals surface area contributed by atoms with Gasteiger partial charge < -0.3 is 14.6 Å². The van der Waals surface area contributed by atoms with Gasteiger partial charge in [-0.05, 0) is 56.0 Å². The summed E-state index contributed by atoms with van der Waals surface area (Å²) >= 11 is 0. The van der Waals surface area contributed by atoms with E-state index in [9.17, 15) is 19.2 Å². The molecule has 2 aliphatic rings. The second-order valence-electron chi connectivity index (χ2n) is 9.35. The number of rotatable bonds is 6. The monoisotopic (exact) mass is 500 g/mol. The van der Waals surface area contributed by atoms with Gasteiger partial charge in [0, 0.05) is 35.8 Å². The number of urea groups is 1. The normalized spacial score (nSPS) is 19.1. The molecule has 3 aromatic rings. The standard InChI is InChI=1S/C28H28N4O5/c1-17-7-5-11-23(18(17)2)32-27(35)22(26(34)30-28(32)36)13-19-15-31(24-10-4-3-9-21(19)24)16-25(33)29-14-20-8-6-12-37-20/h3-5,7,9-11,13,15,20H,6,8,12,14,16H2,1-2H3,(H,29,33)(H,30,34,36)/b22-13+/t20-/m1/s1. The van der Waals surface area contributed by atoms with Crippen LogP contribution in [-0.4, -0.2) is 47.6 Å². The van der Waals surface area contributed by atoms with Crippen LogP contribution in [0.15, 0.2) is 54.2 Å². The number of para-hydroxylation sites is 1. The number of anilines is 1. The van der Waals surface area contributed by atoms with Gasteiger partial charge in [0.25, 0.3) is 11.8 Å². The van der Waals surface area contributed by atoms with E-state index in [1.165, 1.54) is 6.08 Å². The number of aryl methyl sites for hydroxylation is 1. The Hall–Kier alpha value is -4.24. The minimum absolute atomic E-state index is 0.0455. The van der Waals surface area contributed by atoms with Gasteiger partial charge in [-0.15, -0.1) is 0 Å². The second-order valence-corrected chi connectivity index (χ2v) is 9.35. The van der Waals surface area contributed by atoms with E-state index in [4.69, 9.17) is 4.74 Å². The van der Waals surface area contributed by atoms with Crippen molar-refractivity contribution in [3.63, 3.8) is 0 Å². The highest BCUT2D eigenvalue weighted by Crippen LogP contribution is 2.29. The summed E-state index contributed by atoms with van der Waals surface area (Å²) in [6.45, 7) is 4.97. The maximum absolute atomic E-state index is 13.4. The molecule has 0 unspecified atom stereocenters. The van der Waals surface area contributed by atoms with Crippen molar-refractivity contribution < 1.29 is 23.9 Å². The Morgan fingerprint density at radius 3 is 2.73 bits per heavy atom. The fourth-order valence-electron chi connectivity index (χ4n) is 4.77. The molecule has 0 aliphatic carbocycles. The molecule has 9 heteroatoms. The molecule has 190 valence electrons. The zero-order valence-corrected chi connectivity index (χ0v) is 20.7. The van der Waals surface area contributed by atoms with E-state index in [1.54, 1.807) is 22.9 Å². The van der Waals surface area contributed by atoms with Crippen LogP contribution in [0.3, 0.4) is 0 Å². The summed E-state index contributed by atoms with van der Waals surface area (Å²) < 4.78 is 7.35. The van der Waals surface area contributed by atoms with Gasteiger partial charge in [0.1, 0.15) is 12.1 Å². The van der Waals surface area contributed by atoms with Crippen molar-refractivity contribution in [1.82, 2.24) is 15.2 Å². The lowest BCUT2D eigenvalue weighted by Crippen LogP contribution is -2.54. The molecule has 2 aromatic carbocycles. The van der Waals surface area contributed by atoms with Crippen molar-refractivity contribution in [2.75, 3.05) is 18.1 Å². The highest BCUT2D eigenvalue weighted by atomic mass is 16.5. The third-order valence-electron chi connectivity index (χ3n) is 6.90. The average Bonchev–Trinajstić information content (AvgIpc) is 3.51. The van der Waals surface area contributed by atoms with Crippen LogP contribution in [0.4, 0.5) is 10.5 Å². The van der Waals surface area contributed by atoms with E-state index in [0.29, 0.717) is 17.8 Å². The van der Waals surface area contributed by atoms with Crippen LogP contribution in [0.25, 0.3) is 17.0 Å². The van der Waals surface area contributed by atoms with E-state index in [1.807, 2.05) is 44.2 Å². The molecule has 1 atom stereocenters. The first-order chi connectivity index (χ1) is 17.8. The number of nitrogens with one attached hydrogen (secondary N) is 2. The summed E-state index contributed by atoms with van der Waals surface area (Å²) in [5.41, 5.74) is 3.33. The Morgan fingerprint density at radius 2 is 1.95 bits per heavy atom. The molecular weight excluding hydrogens is 472 g/mol. The topological polar surface area (TPSA) is 110 Å². The van der Waals surface area contributed by atoms with Crippen LogP contribution < -0.4 is 15.5 Å². The highest BCUT2D eigenvalue weighted by Gasteiger charge is 2.37. The van der Waals surface area contributed by atoms with Crippen LogP contribution in [0.1, 0.15) is 29.5 Å². The molecule has 0 spiro atoms. The lowest BCUT2D eigenvalue weighted by atomic mass is 10.0. The van der Waals surface area contributed by atoms with E-state index in [2.05, 4.69) is 10.6 Å². The molecule has 1 aromatic heterocycles. The Morgan fingerprint density at radius 1 is 1.14 bits per heavy atom.